The number of rotatable bonds is 21. The Morgan fingerprint density at radius 1 is 0.254 bits per heavy atom. The van der Waals surface area contributed by atoms with E-state index in [4.69, 9.17) is 4.42 Å². The molecule has 0 fully saturated rings. The molecule has 0 aliphatic rings. The molecule has 0 aliphatic carbocycles. The van der Waals surface area contributed by atoms with Gasteiger partial charge in [0.1, 0.15) is 11.2 Å². The fourth-order valence-corrected chi connectivity index (χ4v) is 10.6. The highest BCUT2D eigenvalue weighted by Crippen LogP contribution is 2.43. The van der Waals surface area contributed by atoms with Crippen molar-refractivity contribution in [3.8, 4) is 77.9 Å². The maximum absolute atomic E-state index is 7.27. The standard InChI is InChI=1S/C70H68O/c1-3-5-7-9-11-15-24-51-44-65(57-40-36-55(37-41-57)61-32-21-30-59(48-61)53-26-17-13-18-27-53)69-67(46-51)68-47-52(25-16-12-10-8-6-4-2)45-66(70(68)71-69)58-42-38-56(39-43-58)62-33-23-35-64(50-62)63-34-22-31-60(49-63)54-28-19-14-20-29-54/h13-14,17-23,26-50H,3-12,15-16,24-25H2,1-2H3. The Morgan fingerprint density at radius 2 is 0.549 bits per heavy atom. The smallest absolute Gasteiger partial charge is 0.143 e. The predicted molar refractivity (Wildman–Crippen MR) is 306 cm³/mol. The molecule has 0 amide bonds. The highest BCUT2D eigenvalue weighted by Gasteiger charge is 2.20. The minimum atomic E-state index is 0.979. The van der Waals surface area contributed by atoms with Crippen LogP contribution in [0.3, 0.4) is 0 Å². The van der Waals surface area contributed by atoms with E-state index < -0.39 is 0 Å². The van der Waals surface area contributed by atoms with Gasteiger partial charge in [0.15, 0.2) is 0 Å². The number of benzene rings is 9. The molecule has 1 heterocycles. The van der Waals surface area contributed by atoms with Crippen molar-refractivity contribution in [2.75, 3.05) is 0 Å². The van der Waals surface area contributed by atoms with Gasteiger partial charge in [0.25, 0.3) is 0 Å². The van der Waals surface area contributed by atoms with E-state index in [2.05, 4.69) is 220 Å². The monoisotopic (exact) mass is 925 g/mol. The largest absolute Gasteiger partial charge is 0.455 e. The number of aryl methyl sites for hydroxylation is 2. The first kappa shape index (κ1) is 47.5. The van der Waals surface area contributed by atoms with Crippen LogP contribution in [0, 0.1) is 0 Å². The van der Waals surface area contributed by atoms with Crippen LogP contribution in [0.2, 0.25) is 0 Å². The third kappa shape index (κ3) is 11.4. The number of hydrogen-bond acceptors (Lipinski definition) is 1. The molecule has 9 aromatic carbocycles. The van der Waals surface area contributed by atoms with Crippen LogP contribution >= 0.6 is 0 Å². The first-order chi connectivity index (χ1) is 35.1. The Balaban J connectivity index is 1.02. The molecule has 0 saturated carbocycles. The lowest BCUT2D eigenvalue weighted by Gasteiger charge is -2.11. The zero-order valence-electron chi connectivity index (χ0n) is 41.9. The lowest BCUT2D eigenvalue weighted by molar-refractivity contribution is 0.607. The summed E-state index contributed by atoms with van der Waals surface area (Å²) in [7, 11) is 0. The maximum Gasteiger partial charge on any atom is 0.143 e. The van der Waals surface area contributed by atoms with E-state index >= 15 is 0 Å². The van der Waals surface area contributed by atoms with Crippen molar-refractivity contribution < 1.29 is 4.42 Å². The Morgan fingerprint density at radius 3 is 0.915 bits per heavy atom. The van der Waals surface area contributed by atoms with Crippen LogP contribution in [0.15, 0.2) is 211 Å². The summed E-state index contributed by atoms with van der Waals surface area (Å²) in [4.78, 5) is 0. The summed E-state index contributed by atoms with van der Waals surface area (Å²) in [6, 6.07) is 76.3. The van der Waals surface area contributed by atoms with Gasteiger partial charge in [0, 0.05) is 21.9 Å². The van der Waals surface area contributed by atoms with Gasteiger partial charge in [-0.05, 0) is 146 Å². The molecule has 1 heteroatoms. The number of fused-ring (bicyclic) bond motifs is 3. The Labute approximate surface area is 423 Å². The summed E-state index contributed by atoms with van der Waals surface area (Å²) in [5, 5.41) is 2.46. The highest BCUT2D eigenvalue weighted by molar-refractivity contribution is 6.13. The van der Waals surface area contributed by atoms with Gasteiger partial charge >= 0.3 is 0 Å². The molecular formula is C70H68O. The number of unbranched alkanes of at least 4 members (excludes halogenated alkanes) is 10. The second-order valence-electron chi connectivity index (χ2n) is 19.8. The zero-order chi connectivity index (χ0) is 48.2. The van der Waals surface area contributed by atoms with E-state index in [1.54, 1.807) is 0 Å². The normalized spacial score (nSPS) is 11.5. The first-order valence-corrected chi connectivity index (χ1v) is 26.8. The fraction of sp³-hybridized carbons (Fsp3) is 0.229. The van der Waals surface area contributed by atoms with E-state index in [0.29, 0.717) is 0 Å². The minimum Gasteiger partial charge on any atom is -0.455 e. The molecule has 0 atom stereocenters. The number of furan rings is 1. The topological polar surface area (TPSA) is 13.1 Å². The fourth-order valence-electron chi connectivity index (χ4n) is 10.6. The predicted octanol–water partition coefficient (Wildman–Crippen LogP) is 21.1. The van der Waals surface area contributed by atoms with E-state index in [1.807, 2.05) is 0 Å². The molecule has 0 aliphatic heterocycles. The quantitative estimate of drug-likeness (QED) is 0.0655. The van der Waals surface area contributed by atoms with Crippen LogP contribution in [0.25, 0.3) is 99.8 Å². The molecule has 0 N–H and O–H groups in total. The molecule has 0 saturated heterocycles. The molecule has 1 aromatic heterocycles. The Bertz CT molecular complexity index is 3300. The van der Waals surface area contributed by atoms with E-state index in [0.717, 1.165) is 24.0 Å². The summed E-state index contributed by atoms with van der Waals surface area (Å²) in [6.45, 7) is 4.60. The van der Waals surface area contributed by atoms with Gasteiger partial charge in [-0.3, -0.25) is 0 Å². The zero-order valence-corrected chi connectivity index (χ0v) is 41.9. The third-order valence-corrected chi connectivity index (χ3v) is 14.6. The van der Waals surface area contributed by atoms with Crippen molar-refractivity contribution in [1.82, 2.24) is 0 Å². The molecule has 354 valence electrons. The highest BCUT2D eigenvalue weighted by atomic mass is 16.3. The summed E-state index contributed by atoms with van der Waals surface area (Å²) in [6.07, 6.45) is 17.5. The van der Waals surface area contributed by atoms with Crippen molar-refractivity contribution in [3.63, 3.8) is 0 Å². The lowest BCUT2D eigenvalue weighted by atomic mass is 9.92. The third-order valence-electron chi connectivity index (χ3n) is 14.6. The van der Waals surface area contributed by atoms with Crippen molar-refractivity contribution in [3.05, 3.63) is 217 Å². The van der Waals surface area contributed by atoms with Crippen molar-refractivity contribution in [2.45, 2.75) is 104 Å². The van der Waals surface area contributed by atoms with E-state index in [-0.39, 0.29) is 0 Å². The molecule has 10 aromatic rings. The van der Waals surface area contributed by atoms with Crippen LogP contribution in [0.4, 0.5) is 0 Å². The molecule has 71 heavy (non-hydrogen) atoms. The average molecular weight is 925 g/mol. The molecule has 10 rings (SSSR count). The van der Waals surface area contributed by atoms with Crippen LogP contribution in [0.1, 0.15) is 102 Å². The van der Waals surface area contributed by atoms with E-state index in [9.17, 15) is 0 Å². The molecule has 0 spiro atoms. The molecular weight excluding hydrogens is 857 g/mol. The second kappa shape index (κ2) is 23.1. The average Bonchev–Trinajstić information content (AvgIpc) is 3.81. The van der Waals surface area contributed by atoms with E-state index in [1.165, 1.54) is 177 Å². The van der Waals surface area contributed by atoms with Crippen molar-refractivity contribution in [1.29, 1.82) is 0 Å². The van der Waals surface area contributed by atoms with Crippen molar-refractivity contribution in [2.24, 2.45) is 0 Å². The number of hydrogen-bond donors (Lipinski definition) is 0. The van der Waals surface area contributed by atoms with Gasteiger partial charge in [0.05, 0.1) is 0 Å². The maximum atomic E-state index is 7.27. The summed E-state index contributed by atoms with van der Waals surface area (Å²) < 4.78 is 7.27. The minimum absolute atomic E-state index is 0.979. The first-order valence-electron chi connectivity index (χ1n) is 26.8. The van der Waals surface area contributed by atoms with Crippen LogP contribution in [-0.2, 0) is 12.8 Å². The van der Waals surface area contributed by atoms with Crippen LogP contribution in [-0.4, -0.2) is 0 Å². The summed E-state index contributed by atoms with van der Waals surface area (Å²) >= 11 is 0. The van der Waals surface area contributed by atoms with Gasteiger partial charge in [-0.1, -0.05) is 242 Å². The van der Waals surface area contributed by atoms with Gasteiger partial charge < -0.3 is 4.42 Å². The van der Waals surface area contributed by atoms with Gasteiger partial charge in [-0.2, -0.15) is 0 Å². The Hall–Kier alpha value is -7.22. The molecule has 0 radical (unpaired) electrons. The molecule has 1 nitrogen and oxygen atoms in total. The second-order valence-corrected chi connectivity index (χ2v) is 19.8. The lowest BCUT2D eigenvalue weighted by Crippen LogP contribution is -1.90. The van der Waals surface area contributed by atoms with Crippen molar-refractivity contribution >= 4 is 21.9 Å². The van der Waals surface area contributed by atoms with Gasteiger partial charge in [-0.15, -0.1) is 0 Å². The Kier molecular flexibility index (Phi) is 15.5. The van der Waals surface area contributed by atoms with Crippen LogP contribution in [0.5, 0.6) is 0 Å². The SMILES string of the molecule is CCCCCCCCc1cc(-c2ccc(-c3cccc(-c4ccccc4)c3)cc2)c2oc3c(-c4ccc(-c5cccc(-c6cccc(-c7ccccc7)c6)c5)cc4)cc(CCCCCCCC)cc3c2c1. The van der Waals surface area contributed by atoms with Crippen LogP contribution < -0.4 is 0 Å². The molecule has 0 unspecified atom stereocenters. The summed E-state index contributed by atoms with van der Waals surface area (Å²) in [5.74, 6) is 0. The molecule has 0 bridgehead atoms. The van der Waals surface area contributed by atoms with Gasteiger partial charge in [-0.25, -0.2) is 0 Å². The summed E-state index contributed by atoms with van der Waals surface area (Å²) in [5.41, 5.74) is 21.7. The van der Waals surface area contributed by atoms with Gasteiger partial charge in [0.2, 0.25) is 0 Å².